The zero-order chi connectivity index (χ0) is 11.0. The standard InChI is InChI=1S/C11H15ClNO2/c1-7(2)15-11-6-9(12)8-4-3-5-10(8)13(11)14/h6-7,14H,3-5H2,1-2H3/q+1. The molecule has 3 nitrogen and oxygen atoms in total. The van der Waals surface area contributed by atoms with Gasteiger partial charge in [0.15, 0.2) is 0 Å². The molecule has 1 N–H and O–H groups in total. The molecular weight excluding hydrogens is 214 g/mol. The number of fused-ring (bicyclic) bond motifs is 1. The van der Waals surface area contributed by atoms with Gasteiger partial charge in [-0.25, -0.2) is 0 Å². The molecule has 0 aliphatic heterocycles. The highest BCUT2D eigenvalue weighted by atomic mass is 35.5. The highest BCUT2D eigenvalue weighted by Crippen LogP contribution is 2.29. The second kappa shape index (κ2) is 3.89. The van der Waals surface area contributed by atoms with Crippen LogP contribution in [-0.4, -0.2) is 11.3 Å². The molecule has 15 heavy (non-hydrogen) atoms. The fourth-order valence-electron chi connectivity index (χ4n) is 1.93. The molecule has 0 spiro atoms. The molecule has 0 aromatic carbocycles. The van der Waals surface area contributed by atoms with Crippen LogP contribution in [0.25, 0.3) is 0 Å². The summed E-state index contributed by atoms with van der Waals surface area (Å²) in [6.45, 7) is 3.84. The van der Waals surface area contributed by atoms with Gasteiger partial charge in [-0.05, 0) is 26.7 Å². The van der Waals surface area contributed by atoms with Crippen LogP contribution in [0.15, 0.2) is 6.07 Å². The highest BCUT2D eigenvalue weighted by molar-refractivity contribution is 6.31. The Hall–Kier alpha value is -0.960. The number of halogens is 1. The van der Waals surface area contributed by atoms with Gasteiger partial charge < -0.3 is 4.74 Å². The molecule has 82 valence electrons. The highest BCUT2D eigenvalue weighted by Gasteiger charge is 2.30. The fourth-order valence-corrected chi connectivity index (χ4v) is 2.23. The summed E-state index contributed by atoms with van der Waals surface area (Å²) < 4.78 is 6.61. The van der Waals surface area contributed by atoms with E-state index in [1.165, 1.54) is 0 Å². The van der Waals surface area contributed by atoms with E-state index >= 15 is 0 Å². The molecule has 0 bridgehead atoms. The first-order chi connectivity index (χ1) is 7.09. The van der Waals surface area contributed by atoms with Gasteiger partial charge in [0.05, 0.1) is 17.2 Å². The van der Waals surface area contributed by atoms with Gasteiger partial charge in [-0.2, -0.15) is 0 Å². The number of hydrogen-bond donors (Lipinski definition) is 1. The molecule has 0 amide bonds. The number of aromatic nitrogens is 1. The van der Waals surface area contributed by atoms with Crippen LogP contribution in [0.5, 0.6) is 5.88 Å². The van der Waals surface area contributed by atoms with Crippen LogP contribution in [0, 0.1) is 0 Å². The van der Waals surface area contributed by atoms with Crippen LogP contribution >= 0.6 is 11.6 Å². The lowest BCUT2D eigenvalue weighted by Crippen LogP contribution is -2.38. The third kappa shape index (κ3) is 1.88. The summed E-state index contributed by atoms with van der Waals surface area (Å²) >= 11 is 6.13. The molecule has 0 radical (unpaired) electrons. The van der Waals surface area contributed by atoms with Crippen molar-refractivity contribution in [3.05, 3.63) is 22.3 Å². The Kier molecular flexibility index (Phi) is 2.74. The summed E-state index contributed by atoms with van der Waals surface area (Å²) in [6, 6.07) is 1.69. The Morgan fingerprint density at radius 3 is 2.87 bits per heavy atom. The Labute approximate surface area is 94.2 Å². The zero-order valence-corrected chi connectivity index (χ0v) is 9.71. The topological polar surface area (TPSA) is 33.3 Å². The molecule has 0 saturated heterocycles. The van der Waals surface area contributed by atoms with Gasteiger partial charge in [0.2, 0.25) is 5.69 Å². The lowest BCUT2D eigenvalue weighted by Gasteiger charge is -2.07. The first kappa shape index (κ1) is 10.6. The van der Waals surface area contributed by atoms with Crippen molar-refractivity contribution in [2.45, 2.75) is 39.2 Å². The largest absolute Gasteiger partial charge is 0.439 e. The number of nitrogens with zero attached hydrogens (tertiary/aromatic N) is 1. The molecule has 1 aliphatic rings. The number of hydrogen-bond acceptors (Lipinski definition) is 2. The van der Waals surface area contributed by atoms with E-state index in [-0.39, 0.29) is 6.10 Å². The fraction of sp³-hybridized carbons (Fsp3) is 0.545. The van der Waals surface area contributed by atoms with Crippen LogP contribution in [0.2, 0.25) is 5.02 Å². The third-order valence-electron chi connectivity index (χ3n) is 2.55. The second-order valence-electron chi connectivity index (χ2n) is 4.09. The average molecular weight is 229 g/mol. The average Bonchev–Trinajstić information content (AvgIpc) is 2.61. The molecule has 4 heteroatoms. The maximum Gasteiger partial charge on any atom is 0.418 e. The van der Waals surface area contributed by atoms with Crippen molar-refractivity contribution < 1.29 is 14.7 Å². The normalized spacial score (nSPS) is 14.4. The van der Waals surface area contributed by atoms with Crippen LogP contribution in [-0.2, 0) is 12.8 Å². The van der Waals surface area contributed by atoms with Crippen LogP contribution in [0.1, 0.15) is 31.5 Å². The molecule has 0 atom stereocenters. The molecule has 0 unspecified atom stereocenters. The quantitative estimate of drug-likeness (QED) is 0.622. The Bertz CT molecular complexity index is 391. The van der Waals surface area contributed by atoms with Crippen molar-refractivity contribution in [2.75, 3.05) is 0 Å². The predicted octanol–water partition coefficient (Wildman–Crippen LogP) is 2.14. The predicted molar refractivity (Wildman–Crippen MR) is 56.6 cm³/mol. The minimum Gasteiger partial charge on any atom is -0.439 e. The number of ether oxygens (including phenoxy) is 1. The lowest BCUT2D eigenvalue weighted by molar-refractivity contribution is -0.911. The summed E-state index contributed by atoms with van der Waals surface area (Å²) in [7, 11) is 0. The van der Waals surface area contributed by atoms with E-state index in [0.717, 1.165) is 35.3 Å². The molecular formula is C11H15ClNO2+. The number of pyridine rings is 1. The maximum absolute atomic E-state index is 9.92. The number of rotatable bonds is 2. The lowest BCUT2D eigenvalue weighted by atomic mass is 10.2. The van der Waals surface area contributed by atoms with Crippen LogP contribution in [0.3, 0.4) is 0 Å². The van der Waals surface area contributed by atoms with Gasteiger partial charge in [0.1, 0.15) is 0 Å². The van der Waals surface area contributed by atoms with Crippen LogP contribution < -0.4 is 9.47 Å². The maximum atomic E-state index is 9.92. The monoisotopic (exact) mass is 228 g/mol. The molecule has 0 fully saturated rings. The third-order valence-corrected chi connectivity index (χ3v) is 2.89. The summed E-state index contributed by atoms with van der Waals surface area (Å²) in [5.41, 5.74) is 1.94. The van der Waals surface area contributed by atoms with Gasteiger partial charge in [-0.3, -0.25) is 5.21 Å². The van der Waals surface area contributed by atoms with E-state index in [0.29, 0.717) is 10.9 Å². The van der Waals surface area contributed by atoms with Crippen molar-refractivity contribution in [3.8, 4) is 5.88 Å². The summed E-state index contributed by atoms with van der Waals surface area (Å²) in [5, 5.41) is 10.6. The van der Waals surface area contributed by atoms with Gasteiger partial charge in [0, 0.05) is 16.7 Å². The first-order valence-corrected chi connectivity index (χ1v) is 5.59. The van der Waals surface area contributed by atoms with Gasteiger partial charge in [-0.1, -0.05) is 11.6 Å². The minimum atomic E-state index is 0.0268. The van der Waals surface area contributed by atoms with Gasteiger partial charge >= 0.3 is 5.88 Å². The SMILES string of the molecule is CC(C)Oc1cc(Cl)c2c([n+]1O)CCC2. The first-order valence-electron chi connectivity index (χ1n) is 5.22. The summed E-state index contributed by atoms with van der Waals surface area (Å²) in [5.74, 6) is 0.427. The summed E-state index contributed by atoms with van der Waals surface area (Å²) in [4.78, 5) is 0. The Morgan fingerprint density at radius 2 is 2.20 bits per heavy atom. The Morgan fingerprint density at radius 1 is 1.47 bits per heavy atom. The zero-order valence-electron chi connectivity index (χ0n) is 8.96. The van der Waals surface area contributed by atoms with E-state index in [1.54, 1.807) is 6.07 Å². The molecule has 1 aromatic rings. The molecule has 1 aromatic heterocycles. The summed E-state index contributed by atoms with van der Waals surface area (Å²) in [6.07, 6.45) is 2.87. The van der Waals surface area contributed by atoms with Gasteiger partial charge in [0.25, 0.3) is 0 Å². The van der Waals surface area contributed by atoms with Crippen molar-refractivity contribution >= 4 is 11.6 Å². The van der Waals surface area contributed by atoms with E-state index in [1.807, 2.05) is 13.8 Å². The van der Waals surface area contributed by atoms with Crippen molar-refractivity contribution in [1.82, 2.24) is 0 Å². The molecule has 0 saturated carbocycles. The van der Waals surface area contributed by atoms with E-state index in [9.17, 15) is 5.21 Å². The van der Waals surface area contributed by atoms with E-state index < -0.39 is 0 Å². The Balaban J connectivity index is 2.45. The minimum absolute atomic E-state index is 0.0268. The molecule has 2 rings (SSSR count). The van der Waals surface area contributed by atoms with Gasteiger partial charge in [-0.15, -0.1) is 0 Å². The van der Waals surface area contributed by atoms with Crippen molar-refractivity contribution in [3.63, 3.8) is 0 Å². The van der Waals surface area contributed by atoms with Crippen molar-refractivity contribution in [2.24, 2.45) is 0 Å². The van der Waals surface area contributed by atoms with E-state index in [4.69, 9.17) is 16.3 Å². The molecule has 1 aliphatic carbocycles. The van der Waals surface area contributed by atoms with E-state index in [2.05, 4.69) is 0 Å². The second-order valence-corrected chi connectivity index (χ2v) is 4.49. The van der Waals surface area contributed by atoms with Crippen LogP contribution in [0.4, 0.5) is 0 Å². The van der Waals surface area contributed by atoms with Crippen molar-refractivity contribution in [1.29, 1.82) is 0 Å². The smallest absolute Gasteiger partial charge is 0.418 e. The molecule has 1 heterocycles.